The van der Waals surface area contributed by atoms with Crippen LogP contribution in [0, 0.1) is 19.7 Å². The molecule has 6 heteroatoms. The van der Waals surface area contributed by atoms with Crippen LogP contribution in [0.5, 0.6) is 0 Å². The van der Waals surface area contributed by atoms with E-state index in [0.29, 0.717) is 22.7 Å². The second-order valence-electron chi connectivity index (χ2n) is 6.77. The minimum atomic E-state index is -0.386. The van der Waals surface area contributed by atoms with Crippen LogP contribution in [0.15, 0.2) is 40.5 Å². The molecule has 0 bridgehead atoms. The molecule has 2 aromatic carbocycles. The lowest BCUT2D eigenvalue weighted by Gasteiger charge is -2.15. The van der Waals surface area contributed by atoms with Gasteiger partial charge in [0.1, 0.15) is 5.82 Å². The molecule has 1 unspecified atom stereocenters. The third-order valence-electron chi connectivity index (χ3n) is 4.74. The van der Waals surface area contributed by atoms with Crippen molar-refractivity contribution in [2.45, 2.75) is 33.3 Å². The Balaban J connectivity index is 1.80. The third kappa shape index (κ3) is 4.30. The Kier molecular flexibility index (Phi) is 5.80. The maximum absolute atomic E-state index is 14.2. The van der Waals surface area contributed by atoms with Gasteiger partial charge in [0.25, 0.3) is 0 Å². The number of aryl methyl sites for hydroxylation is 2. The van der Waals surface area contributed by atoms with Crippen LogP contribution in [-0.2, 0) is 4.84 Å². The average Bonchev–Trinajstić information content (AvgIpc) is 3.11. The minimum absolute atomic E-state index is 0.231. The molecule has 1 heterocycles. The molecule has 0 aliphatic carbocycles. The van der Waals surface area contributed by atoms with Crippen molar-refractivity contribution in [2.24, 2.45) is 10.1 Å². The highest BCUT2D eigenvalue weighted by atomic mass is 35.5. The van der Waals surface area contributed by atoms with Crippen LogP contribution in [0.2, 0.25) is 5.02 Å². The van der Waals surface area contributed by atoms with E-state index in [1.54, 1.807) is 12.1 Å². The average molecular weight is 388 g/mol. The van der Waals surface area contributed by atoms with Gasteiger partial charge in [-0.25, -0.2) is 9.38 Å². The normalized spacial score (nSPS) is 16.5. The quantitative estimate of drug-likeness (QED) is 0.496. The number of halogens is 2. The van der Waals surface area contributed by atoms with E-state index >= 15 is 0 Å². The molecule has 1 aliphatic rings. The van der Waals surface area contributed by atoms with Crippen LogP contribution in [0.3, 0.4) is 0 Å². The Morgan fingerprint density at radius 2 is 2.07 bits per heavy atom. The van der Waals surface area contributed by atoms with Crippen molar-refractivity contribution in [1.82, 2.24) is 4.90 Å². The van der Waals surface area contributed by atoms with Crippen LogP contribution in [0.25, 0.3) is 0 Å². The smallest absolute Gasteiger partial charge is 0.158 e. The van der Waals surface area contributed by atoms with E-state index in [0.717, 1.165) is 28.9 Å². The van der Waals surface area contributed by atoms with Gasteiger partial charge in [0.15, 0.2) is 6.10 Å². The molecule has 0 saturated heterocycles. The van der Waals surface area contributed by atoms with Gasteiger partial charge in [0.2, 0.25) is 0 Å². The first-order valence-electron chi connectivity index (χ1n) is 8.92. The minimum Gasteiger partial charge on any atom is -0.387 e. The van der Waals surface area contributed by atoms with E-state index in [2.05, 4.69) is 29.2 Å². The third-order valence-corrected chi connectivity index (χ3v) is 4.97. The second kappa shape index (κ2) is 8.09. The summed E-state index contributed by atoms with van der Waals surface area (Å²) < 4.78 is 14.2. The van der Waals surface area contributed by atoms with Gasteiger partial charge in [0.05, 0.1) is 17.7 Å². The van der Waals surface area contributed by atoms with Gasteiger partial charge in [-0.3, -0.25) is 0 Å². The molecule has 0 saturated carbocycles. The maximum Gasteiger partial charge on any atom is 0.158 e. The zero-order chi connectivity index (χ0) is 19.6. The van der Waals surface area contributed by atoms with Gasteiger partial charge >= 0.3 is 0 Å². The zero-order valence-corrected chi connectivity index (χ0v) is 16.7. The Labute approximate surface area is 164 Å². The number of hydrogen-bond acceptors (Lipinski definition) is 3. The van der Waals surface area contributed by atoms with Crippen LogP contribution >= 0.6 is 11.6 Å². The van der Waals surface area contributed by atoms with Crippen molar-refractivity contribution >= 4 is 29.3 Å². The van der Waals surface area contributed by atoms with E-state index < -0.39 is 0 Å². The van der Waals surface area contributed by atoms with Gasteiger partial charge in [-0.1, -0.05) is 16.8 Å². The lowest BCUT2D eigenvalue weighted by molar-refractivity contribution is 0.0852. The molecule has 2 aromatic rings. The fourth-order valence-corrected chi connectivity index (χ4v) is 3.14. The molecule has 1 atom stereocenters. The van der Waals surface area contributed by atoms with Gasteiger partial charge in [-0.2, -0.15) is 0 Å². The first kappa shape index (κ1) is 19.4. The largest absolute Gasteiger partial charge is 0.387 e. The summed E-state index contributed by atoms with van der Waals surface area (Å²) in [6.07, 6.45) is 2.11. The summed E-state index contributed by atoms with van der Waals surface area (Å²) in [5.74, 6) is -0.386. The van der Waals surface area contributed by atoms with Crippen molar-refractivity contribution in [3.05, 3.63) is 63.4 Å². The van der Waals surface area contributed by atoms with E-state index in [1.165, 1.54) is 6.07 Å². The van der Waals surface area contributed by atoms with Crippen molar-refractivity contribution in [2.75, 3.05) is 13.6 Å². The van der Waals surface area contributed by atoms with Crippen molar-refractivity contribution in [3.63, 3.8) is 0 Å². The highest BCUT2D eigenvalue weighted by molar-refractivity contribution is 6.30. The van der Waals surface area contributed by atoms with Gasteiger partial charge in [-0.05, 0) is 67.8 Å². The standard InChI is InChI=1S/C21H23ClFN3O/c1-5-26(4)12-24-19-9-13(2)17(8-14(19)3)21-11-20(25-27-21)16-7-6-15(22)10-18(16)23/h6-10,12,21H,5,11H2,1-4H3/b24-12-. The number of benzene rings is 2. The number of aliphatic imine (C=N–C) groups is 1. The summed E-state index contributed by atoms with van der Waals surface area (Å²) >= 11 is 5.83. The van der Waals surface area contributed by atoms with Crippen LogP contribution in [0.4, 0.5) is 10.1 Å². The molecule has 0 radical (unpaired) electrons. The molecule has 0 aromatic heterocycles. The van der Waals surface area contributed by atoms with Gasteiger partial charge in [-0.15, -0.1) is 0 Å². The summed E-state index contributed by atoms with van der Waals surface area (Å²) in [4.78, 5) is 12.2. The number of oxime groups is 1. The number of rotatable bonds is 5. The van der Waals surface area contributed by atoms with E-state index in [9.17, 15) is 4.39 Å². The van der Waals surface area contributed by atoms with Crippen LogP contribution in [0.1, 0.15) is 41.7 Å². The van der Waals surface area contributed by atoms with Crippen molar-refractivity contribution in [3.8, 4) is 0 Å². The fourth-order valence-electron chi connectivity index (χ4n) is 2.98. The topological polar surface area (TPSA) is 37.2 Å². The summed E-state index contributed by atoms with van der Waals surface area (Å²) in [7, 11) is 1.99. The summed E-state index contributed by atoms with van der Waals surface area (Å²) in [5, 5.41) is 4.48. The Hall–Kier alpha value is -2.40. The molecule has 0 fully saturated rings. The highest BCUT2D eigenvalue weighted by Gasteiger charge is 2.27. The monoisotopic (exact) mass is 387 g/mol. The van der Waals surface area contributed by atoms with Crippen LogP contribution < -0.4 is 0 Å². The molecule has 142 valence electrons. The Morgan fingerprint density at radius 3 is 2.78 bits per heavy atom. The Bertz CT molecular complexity index is 911. The predicted octanol–water partition coefficient (Wildman–Crippen LogP) is 5.57. The second-order valence-corrected chi connectivity index (χ2v) is 7.21. The molecule has 4 nitrogen and oxygen atoms in total. The summed E-state index contributed by atoms with van der Waals surface area (Å²) in [5.41, 5.74) is 5.14. The first-order chi connectivity index (χ1) is 12.9. The lowest BCUT2D eigenvalue weighted by atomic mass is 9.95. The maximum atomic E-state index is 14.2. The van der Waals surface area contributed by atoms with E-state index in [-0.39, 0.29) is 11.9 Å². The fraction of sp³-hybridized carbons (Fsp3) is 0.333. The SMILES string of the molecule is CCN(C)/C=N\c1cc(C)c(C2CC(c3ccc(Cl)cc3F)=NO2)cc1C. The molecule has 0 amide bonds. The predicted molar refractivity (Wildman–Crippen MR) is 109 cm³/mol. The van der Waals surface area contributed by atoms with Crippen LogP contribution in [-0.4, -0.2) is 30.5 Å². The van der Waals surface area contributed by atoms with Gasteiger partial charge in [0, 0.05) is 30.6 Å². The first-order valence-corrected chi connectivity index (χ1v) is 9.30. The molecule has 3 rings (SSSR count). The number of hydrogen-bond donors (Lipinski definition) is 0. The summed E-state index contributed by atoms with van der Waals surface area (Å²) in [6, 6.07) is 8.72. The molecular formula is C21H23ClFN3O. The Morgan fingerprint density at radius 1 is 1.30 bits per heavy atom. The number of nitrogens with zero attached hydrogens (tertiary/aromatic N) is 3. The molecule has 0 spiro atoms. The molecule has 0 N–H and O–H groups in total. The van der Waals surface area contributed by atoms with E-state index in [4.69, 9.17) is 16.4 Å². The molecular weight excluding hydrogens is 365 g/mol. The van der Waals surface area contributed by atoms with Gasteiger partial charge < -0.3 is 9.74 Å². The highest BCUT2D eigenvalue weighted by Crippen LogP contribution is 2.35. The lowest BCUT2D eigenvalue weighted by Crippen LogP contribution is -2.14. The van der Waals surface area contributed by atoms with E-state index in [1.807, 2.05) is 32.1 Å². The van der Waals surface area contributed by atoms with Crippen molar-refractivity contribution < 1.29 is 9.23 Å². The zero-order valence-electron chi connectivity index (χ0n) is 16.0. The molecule has 27 heavy (non-hydrogen) atoms. The summed E-state index contributed by atoms with van der Waals surface area (Å²) in [6.45, 7) is 7.03. The van der Waals surface area contributed by atoms with Crippen molar-refractivity contribution in [1.29, 1.82) is 0 Å². The molecule has 1 aliphatic heterocycles.